The minimum atomic E-state index is -3.78. The Hall–Kier alpha value is -1.41. The molecule has 1 heterocycles. The van der Waals surface area contributed by atoms with Gasteiger partial charge in [-0.15, -0.1) is 5.10 Å². The lowest BCUT2D eigenvalue weighted by Gasteiger charge is -2.24. The molecule has 0 aliphatic heterocycles. The highest BCUT2D eigenvalue weighted by atomic mass is 79.9. The summed E-state index contributed by atoms with van der Waals surface area (Å²) in [7, 11) is -5.96. The number of fused-ring (bicyclic) bond motifs is 1. The van der Waals surface area contributed by atoms with Crippen molar-refractivity contribution in [3.05, 3.63) is 21.8 Å². The zero-order valence-electron chi connectivity index (χ0n) is 18.3. The monoisotopic (exact) mass is 573 g/mol. The van der Waals surface area contributed by atoms with Crippen LogP contribution in [0, 0.1) is 0 Å². The summed E-state index contributed by atoms with van der Waals surface area (Å²) in [6, 6.07) is 2.50. The van der Waals surface area contributed by atoms with Crippen LogP contribution in [0.3, 0.4) is 0 Å². The van der Waals surface area contributed by atoms with Gasteiger partial charge in [0.25, 0.3) is 10.0 Å². The highest BCUT2D eigenvalue weighted by Gasteiger charge is 2.23. The van der Waals surface area contributed by atoms with E-state index in [0.29, 0.717) is 0 Å². The zero-order valence-corrected chi connectivity index (χ0v) is 22.2. The fraction of sp³-hybridized carbons (Fsp3) is 0.556. The normalized spacial score (nSPS) is 12.8. The van der Waals surface area contributed by atoms with Crippen molar-refractivity contribution in [1.29, 1.82) is 0 Å². The predicted octanol–water partition coefficient (Wildman–Crippen LogP) is 2.92. The average Bonchev–Trinajstić information content (AvgIpc) is 2.97. The minimum absolute atomic E-state index is 0.0652. The highest BCUT2D eigenvalue weighted by molar-refractivity contribution is 9.10. The summed E-state index contributed by atoms with van der Waals surface area (Å²) in [4.78, 5) is 13.1. The largest absolute Gasteiger partial charge is 0.444 e. The number of aromatic nitrogens is 2. The van der Waals surface area contributed by atoms with E-state index in [1.165, 1.54) is 17.0 Å². The summed E-state index contributed by atoms with van der Waals surface area (Å²) in [5.41, 5.74) is -0.531. The maximum Gasteiger partial charge on any atom is 0.410 e. The minimum Gasteiger partial charge on any atom is -0.444 e. The van der Waals surface area contributed by atoms with Gasteiger partial charge in [-0.05, 0) is 48.8 Å². The van der Waals surface area contributed by atoms with Crippen LogP contribution in [0.1, 0.15) is 20.8 Å². The van der Waals surface area contributed by atoms with E-state index < -0.39 is 31.6 Å². The molecule has 10 nitrogen and oxygen atoms in total. The van der Waals surface area contributed by atoms with Crippen LogP contribution in [-0.4, -0.2) is 81.4 Å². The second-order valence-electron chi connectivity index (χ2n) is 8.03. The fourth-order valence-electron chi connectivity index (χ4n) is 2.55. The molecule has 14 heteroatoms. The molecule has 0 bridgehead atoms. The van der Waals surface area contributed by atoms with E-state index in [-0.39, 0.29) is 50.9 Å². The number of nitrogens with zero attached hydrogens (tertiary/aromatic N) is 3. The van der Waals surface area contributed by atoms with E-state index in [1.807, 2.05) is 0 Å². The Labute approximate surface area is 200 Å². The number of rotatable bonds is 8. The van der Waals surface area contributed by atoms with Crippen molar-refractivity contribution >= 4 is 64.4 Å². The number of hydrogen-bond acceptors (Lipinski definition) is 8. The van der Waals surface area contributed by atoms with E-state index >= 15 is 0 Å². The molecule has 2 aromatic rings. The molecule has 2 rings (SSSR count). The number of likely N-dealkylation sites (N-methyl/N-ethyl adjacent to an activating group) is 1. The molecule has 0 unspecified atom stereocenters. The molecule has 0 aliphatic rings. The molecule has 0 N–H and O–H groups in total. The lowest BCUT2D eigenvalue weighted by Crippen LogP contribution is -2.36. The standard InChI is InChI=1S/C18H25BrClN3O7S2/c1-18(2,3)30-17(24)22(4)6-7-29-8-9-32(27,28)12-10-13-15(14(20)11-12)23(21-16(13)19)31(5,25)26/h10-11H,6-9H2,1-5H3. The Bertz CT molecular complexity index is 1220. The summed E-state index contributed by atoms with van der Waals surface area (Å²) in [5.74, 6) is -0.331. The molecule has 0 atom stereocenters. The van der Waals surface area contributed by atoms with Crippen molar-refractivity contribution in [3.8, 4) is 0 Å². The van der Waals surface area contributed by atoms with Crippen LogP contribution in [0.25, 0.3) is 10.9 Å². The Kier molecular flexibility index (Phi) is 8.25. The van der Waals surface area contributed by atoms with Crippen LogP contribution < -0.4 is 0 Å². The van der Waals surface area contributed by atoms with Crippen molar-refractivity contribution in [3.63, 3.8) is 0 Å². The number of carbonyl (C=O) groups excluding carboxylic acids is 1. The highest BCUT2D eigenvalue weighted by Crippen LogP contribution is 2.33. The first-order valence-corrected chi connectivity index (χ1v) is 14.0. The smallest absolute Gasteiger partial charge is 0.410 e. The van der Waals surface area contributed by atoms with Gasteiger partial charge in [-0.25, -0.2) is 21.6 Å². The molecule has 0 radical (unpaired) electrons. The Balaban J connectivity index is 2.04. The Morgan fingerprint density at radius 2 is 1.84 bits per heavy atom. The number of amides is 1. The molecule has 0 saturated carbocycles. The molecule has 0 saturated heterocycles. The third-order valence-corrected chi connectivity index (χ3v) is 7.50. The molecule has 0 spiro atoms. The van der Waals surface area contributed by atoms with Crippen molar-refractivity contribution in [2.24, 2.45) is 0 Å². The van der Waals surface area contributed by atoms with E-state index in [2.05, 4.69) is 21.0 Å². The Morgan fingerprint density at radius 3 is 2.41 bits per heavy atom. The van der Waals surface area contributed by atoms with Crippen LogP contribution >= 0.6 is 27.5 Å². The fourth-order valence-corrected chi connectivity index (χ4v) is 5.46. The summed E-state index contributed by atoms with van der Waals surface area (Å²) in [6.07, 6.45) is 0.460. The summed E-state index contributed by atoms with van der Waals surface area (Å²) in [6.45, 7) is 5.52. The van der Waals surface area contributed by atoms with Crippen molar-refractivity contribution in [2.45, 2.75) is 31.3 Å². The van der Waals surface area contributed by atoms with Gasteiger partial charge < -0.3 is 14.4 Å². The third kappa shape index (κ3) is 6.80. The van der Waals surface area contributed by atoms with Gasteiger partial charge >= 0.3 is 6.09 Å². The first-order chi connectivity index (χ1) is 14.5. The van der Waals surface area contributed by atoms with Crippen molar-refractivity contribution in [1.82, 2.24) is 14.1 Å². The van der Waals surface area contributed by atoms with E-state index in [9.17, 15) is 21.6 Å². The summed E-state index contributed by atoms with van der Waals surface area (Å²) in [5, 5.41) is 4.07. The van der Waals surface area contributed by atoms with Gasteiger partial charge in [-0.2, -0.15) is 4.09 Å². The summed E-state index contributed by atoms with van der Waals surface area (Å²) < 4.78 is 60.7. The average molecular weight is 575 g/mol. The number of carbonyl (C=O) groups is 1. The molecule has 180 valence electrons. The molecular weight excluding hydrogens is 550 g/mol. The quantitative estimate of drug-likeness (QED) is 0.441. The number of hydrogen-bond donors (Lipinski definition) is 0. The van der Waals surface area contributed by atoms with Gasteiger partial charge in [0.15, 0.2) is 9.84 Å². The first-order valence-electron chi connectivity index (χ1n) is 9.36. The Morgan fingerprint density at radius 1 is 1.22 bits per heavy atom. The van der Waals surface area contributed by atoms with Crippen molar-refractivity contribution in [2.75, 3.05) is 38.8 Å². The third-order valence-electron chi connectivity index (χ3n) is 4.07. The zero-order chi connectivity index (χ0) is 24.5. The second kappa shape index (κ2) is 9.84. The maximum absolute atomic E-state index is 12.7. The number of sulfone groups is 1. The van der Waals surface area contributed by atoms with Gasteiger partial charge in [0, 0.05) is 19.0 Å². The molecular formula is C18H25BrClN3O7S2. The molecule has 1 amide bonds. The molecule has 0 fully saturated rings. The van der Waals surface area contributed by atoms with Gasteiger partial charge in [-0.3, -0.25) is 0 Å². The van der Waals surface area contributed by atoms with Crippen LogP contribution in [0.4, 0.5) is 4.79 Å². The molecule has 1 aromatic heterocycles. The topological polar surface area (TPSA) is 125 Å². The van der Waals surface area contributed by atoms with Crippen LogP contribution in [-0.2, 0) is 29.3 Å². The number of benzene rings is 1. The van der Waals surface area contributed by atoms with Gasteiger partial charge in [0.2, 0.25) is 0 Å². The first kappa shape index (κ1) is 26.8. The summed E-state index contributed by atoms with van der Waals surface area (Å²) >= 11 is 9.34. The molecule has 32 heavy (non-hydrogen) atoms. The second-order valence-corrected chi connectivity index (χ2v) is 13.1. The van der Waals surface area contributed by atoms with Gasteiger partial charge in [0.05, 0.1) is 35.1 Å². The molecule has 1 aromatic carbocycles. The van der Waals surface area contributed by atoms with Crippen LogP contribution in [0.2, 0.25) is 5.02 Å². The van der Waals surface area contributed by atoms with E-state index in [0.717, 1.165) is 10.3 Å². The number of ether oxygens (including phenoxy) is 2. The lowest BCUT2D eigenvalue weighted by atomic mass is 10.2. The maximum atomic E-state index is 12.7. The predicted molar refractivity (Wildman–Crippen MR) is 124 cm³/mol. The molecule has 0 aliphatic carbocycles. The van der Waals surface area contributed by atoms with Gasteiger partial charge in [0.1, 0.15) is 15.7 Å². The van der Waals surface area contributed by atoms with E-state index in [4.69, 9.17) is 21.1 Å². The van der Waals surface area contributed by atoms with E-state index in [1.54, 1.807) is 27.8 Å². The van der Waals surface area contributed by atoms with Gasteiger partial charge in [-0.1, -0.05) is 11.6 Å². The SMILES string of the molecule is CN(CCOCCS(=O)(=O)c1cc(Cl)c2c(c1)c(Br)nn2S(C)(=O)=O)C(=O)OC(C)(C)C. The van der Waals surface area contributed by atoms with Crippen molar-refractivity contribution < 1.29 is 31.1 Å². The number of halogens is 2. The lowest BCUT2D eigenvalue weighted by molar-refractivity contribution is 0.0238. The van der Waals surface area contributed by atoms with Crippen LogP contribution in [0.15, 0.2) is 21.6 Å². The van der Waals surface area contributed by atoms with Crippen LogP contribution in [0.5, 0.6) is 0 Å².